The molecule has 1 fully saturated rings. The quantitative estimate of drug-likeness (QED) is 0.337. The highest BCUT2D eigenvalue weighted by Gasteiger charge is 2.30. The summed E-state index contributed by atoms with van der Waals surface area (Å²) in [6.45, 7) is 2.56. The SMILES string of the molecule is COC(=O)CCc1cccc(N(Cc2ccc(Cc3cccc(OC)c3)cc2C)C(=O)C2CCC(O)CC2)c1. The number of nitrogens with zero attached hydrogens (tertiary/aromatic N) is 1. The van der Waals surface area contributed by atoms with Crippen molar-refractivity contribution in [2.45, 2.75) is 64.5 Å². The Kier molecular flexibility index (Phi) is 9.77. The van der Waals surface area contributed by atoms with Crippen LogP contribution in [0.25, 0.3) is 0 Å². The molecule has 0 saturated heterocycles. The fraction of sp³-hybridized carbons (Fsp3) is 0.394. The van der Waals surface area contributed by atoms with Gasteiger partial charge < -0.3 is 19.5 Å². The highest BCUT2D eigenvalue weighted by molar-refractivity contribution is 5.95. The van der Waals surface area contributed by atoms with Crippen molar-refractivity contribution in [1.82, 2.24) is 0 Å². The molecule has 1 aliphatic rings. The average Bonchev–Trinajstić information content (AvgIpc) is 2.96. The van der Waals surface area contributed by atoms with Crippen LogP contribution in [-0.4, -0.2) is 37.3 Å². The third kappa shape index (κ3) is 7.70. The monoisotopic (exact) mass is 529 g/mol. The van der Waals surface area contributed by atoms with Gasteiger partial charge in [0.05, 0.1) is 26.9 Å². The molecule has 1 N–H and O–H groups in total. The molecule has 0 unspecified atom stereocenters. The third-order valence-corrected chi connectivity index (χ3v) is 7.66. The normalized spacial score (nSPS) is 16.9. The molecule has 0 bridgehead atoms. The highest BCUT2D eigenvalue weighted by atomic mass is 16.5. The van der Waals surface area contributed by atoms with Crippen molar-refractivity contribution in [2.75, 3.05) is 19.1 Å². The predicted molar refractivity (Wildman–Crippen MR) is 153 cm³/mol. The van der Waals surface area contributed by atoms with Crippen LogP contribution < -0.4 is 9.64 Å². The molecule has 0 spiro atoms. The lowest BCUT2D eigenvalue weighted by Gasteiger charge is -2.31. The number of aliphatic hydroxyl groups excluding tert-OH is 1. The van der Waals surface area contributed by atoms with Crippen LogP contribution in [-0.2, 0) is 33.7 Å². The number of carbonyl (C=O) groups excluding carboxylic acids is 2. The maximum Gasteiger partial charge on any atom is 0.305 e. The molecule has 1 saturated carbocycles. The van der Waals surface area contributed by atoms with Gasteiger partial charge in [-0.15, -0.1) is 0 Å². The van der Waals surface area contributed by atoms with Gasteiger partial charge in [-0.25, -0.2) is 0 Å². The standard InChI is InChI=1S/C33H39NO5/c1-23-18-26(19-25-7-5-9-31(21-25)38-2)10-12-28(23)22-34(33(37)27-13-15-30(35)16-14-27)29-8-4-6-24(20-29)11-17-32(36)39-3/h4-10,12,18,20-21,27,30,35H,11,13-17,19,22H2,1-3H3. The summed E-state index contributed by atoms with van der Waals surface area (Å²) >= 11 is 0. The summed E-state index contributed by atoms with van der Waals surface area (Å²) in [6.07, 6.45) is 4.02. The lowest BCUT2D eigenvalue weighted by Crippen LogP contribution is -2.38. The van der Waals surface area contributed by atoms with Crippen LogP contribution in [0, 0.1) is 12.8 Å². The van der Waals surface area contributed by atoms with Crippen LogP contribution in [0.1, 0.15) is 59.9 Å². The van der Waals surface area contributed by atoms with E-state index in [0.717, 1.165) is 34.5 Å². The van der Waals surface area contributed by atoms with Gasteiger partial charge in [-0.1, -0.05) is 42.5 Å². The Morgan fingerprint density at radius 2 is 1.62 bits per heavy atom. The number of hydrogen-bond donors (Lipinski definition) is 1. The second-order valence-corrected chi connectivity index (χ2v) is 10.5. The van der Waals surface area contributed by atoms with Crippen molar-refractivity contribution in [3.8, 4) is 5.75 Å². The molecule has 6 nitrogen and oxygen atoms in total. The summed E-state index contributed by atoms with van der Waals surface area (Å²) in [6, 6.07) is 22.4. The number of anilines is 1. The molecule has 1 amide bonds. The number of esters is 1. The molecule has 3 aromatic rings. The second kappa shape index (κ2) is 13.4. The number of carbonyl (C=O) groups is 2. The van der Waals surface area contributed by atoms with Gasteiger partial charge in [0, 0.05) is 18.0 Å². The minimum absolute atomic E-state index is 0.0897. The molecule has 0 atom stereocenters. The number of benzene rings is 3. The number of aryl methyl sites for hydroxylation is 2. The van der Waals surface area contributed by atoms with Crippen LogP contribution in [0.15, 0.2) is 66.7 Å². The van der Waals surface area contributed by atoms with Gasteiger partial charge in [0.2, 0.25) is 5.91 Å². The Labute approximate surface area is 231 Å². The first-order valence-corrected chi connectivity index (χ1v) is 13.7. The van der Waals surface area contributed by atoms with E-state index in [1.165, 1.54) is 18.2 Å². The highest BCUT2D eigenvalue weighted by Crippen LogP contribution is 2.30. The van der Waals surface area contributed by atoms with E-state index in [-0.39, 0.29) is 23.9 Å². The van der Waals surface area contributed by atoms with Gasteiger partial charge in [-0.3, -0.25) is 9.59 Å². The summed E-state index contributed by atoms with van der Waals surface area (Å²) in [5.41, 5.74) is 6.42. The van der Waals surface area contributed by atoms with Crippen LogP contribution in [0.5, 0.6) is 5.75 Å². The Hall–Kier alpha value is -3.64. The molecule has 0 aliphatic heterocycles. The predicted octanol–water partition coefficient (Wildman–Crippen LogP) is 5.78. The first-order valence-electron chi connectivity index (χ1n) is 13.7. The molecular weight excluding hydrogens is 490 g/mol. The summed E-state index contributed by atoms with van der Waals surface area (Å²) in [5.74, 6) is 0.574. The maximum atomic E-state index is 13.9. The number of aliphatic hydroxyl groups is 1. The van der Waals surface area contributed by atoms with Gasteiger partial charge in [0.1, 0.15) is 5.75 Å². The van der Waals surface area contributed by atoms with Crippen molar-refractivity contribution >= 4 is 17.6 Å². The van der Waals surface area contributed by atoms with Crippen molar-refractivity contribution in [3.05, 3.63) is 94.5 Å². The van der Waals surface area contributed by atoms with Gasteiger partial charge in [0.25, 0.3) is 0 Å². The molecule has 3 aromatic carbocycles. The van der Waals surface area contributed by atoms with E-state index in [1.807, 2.05) is 41.3 Å². The number of rotatable bonds is 10. The van der Waals surface area contributed by atoms with E-state index in [0.29, 0.717) is 45.1 Å². The molecule has 4 rings (SSSR count). The van der Waals surface area contributed by atoms with Crippen LogP contribution in [0.4, 0.5) is 5.69 Å². The zero-order valence-electron chi connectivity index (χ0n) is 23.2. The van der Waals surface area contributed by atoms with Gasteiger partial charge in [-0.2, -0.15) is 0 Å². The molecule has 0 aromatic heterocycles. The Balaban J connectivity index is 1.57. The largest absolute Gasteiger partial charge is 0.497 e. The summed E-state index contributed by atoms with van der Waals surface area (Å²) < 4.78 is 10.2. The lowest BCUT2D eigenvalue weighted by molar-refractivity contribution is -0.140. The minimum Gasteiger partial charge on any atom is -0.497 e. The number of amides is 1. The molecule has 6 heteroatoms. The minimum atomic E-state index is -0.316. The average molecular weight is 530 g/mol. The van der Waals surface area contributed by atoms with E-state index in [1.54, 1.807) is 7.11 Å². The van der Waals surface area contributed by atoms with Crippen LogP contribution in [0.3, 0.4) is 0 Å². The Morgan fingerprint density at radius 3 is 2.33 bits per heavy atom. The van der Waals surface area contributed by atoms with E-state index < -0.39 is 0 Å². The molecule has 206 valence electrons. The van der Waals surface area contributed by atoms with Crippen molar-refractivity contribution in [1.29, 1.82) is 0 Å². The smallest absolute Gasteiger partial charge is 0.305 e. The Morgan fingerprint density at radius 1 is 0.897 bits per heavy atom. The zero-order valence-corrected chi connectivity index (χ0v) is 23.2. The third-order valence-electron chi connectivity index (χ3n) is 7.66. The van der Waals surface area contributed by atoms with Crippen molar-refractivity contribution in [2.24, 2.45) is 5.92 Å². The first-order chi connectivity index (χ1) is 18.9. The van der Waals surface area contributed by atoms with Crippen molar-refractivity contribution < 1.29 is 24.2 Å². The van der Waals surface area contributed by atoms with Gasteiger partial charge in [0.15, 0.2) is 0 Å². The first kappa shape index (κ1) is 28.4. The summed E-state index contributed by atoms with van der Waals surface area (Å²) in [7, 11) is 3.07. The summed E-state index contributed by atoms with van der Waals surface area (Å²) in [4.78, 5) is 27.4. The van der Waals surface area contributed by atoms with Gasteiger partial charge in [-0.05, 0) is 97.5 Å². The fourth-order valence-electron chi connectivity index (χ4n) is 5.30. The molecule has 0 radical (unpaired) electrons. The van der Waals surface area contributed by atoms with E-state index in [9.17, 15) is 14.7 Å². The lowest BCUT2D eigenvalue weighted by atomic mass is 9.86. The topological polar surface area (TPSA) is 76.1 Å². The molecule has 0 heterocycles. The van der Waals surface area contributed by atoms with E-state index in [4.69, 9.17) is 9.47 Å². The Bertz CT molecular complexity index is 1280. The number of methoxy groups -OCH3 is 2. The maximum absolute atomic E-state index is 13.9. The van der Waals surface area contributed by atoms with E-state index >= 15 is 0 Å². The fourth-order valence-corrected chi connectivity index (χ4v) is 5.30. The molecular formula is C33H39NO5. The van der Waals surface area contributed by atoms with Crippen LogP contribution in [0.2, 0.25) is 0 Å². The zero-order chi connectivity index (χ0) is 27.8. The second-order valence-electron chi connectivity index (χ2n) is 10.5. The molecule has 1 aliphatic carbocycles. The summed E-state index contributed by atoms with van der Waals surface area (Å²) in [5, 5.41) is 9.99. The van der Waals surface area contributed by atoms with Crippen LogP contribution >= 0.6 is 0 Å². The number of hydrogen-bond acceptors (Lipinski definition) is 5. The van der Waals surface area contributed by atoms with E-state index in [2.05, 4.69) is 37.3 Å². The van der Waals surface area contributed by atoms with Gasteiger partial charge >= 0.3 is 5.97 Å². The number of ether oxygens (including phenoxy) is 2. The van der Waals surface area contributed by atoms with Crippen molar-refractivity contribution in [3.63, 3.8) is 0 Å². The molecule has 39 heavy (non-hydrogen) atoms.